The molecule has 7 nitrogen and oxygen atoms in total. The molecule has 2 aliphatic rings. The fourth-order valence-corrected chi connectivity index (χ4v) is 3.26. The van der Waals surface area contributed by atoms with E-state index in [4.69, 9.17) is 9.47 Å². The second-order valence-corrected chi connectivity index (χ2v) is 5.62. The van der Waals surface area contributed by atoms with Gasteiger partial charge in [-0.3, -0.25) is 0 Å². The first-order valence-corrected chi connectivity index (χ1v) is 6.43. The molecule has 2 rings (SSSR count). The van der Waals surface area contributed by atoms with Crippen LogP contribution >= 0.6 is 0 Å². The van der Waals surface area contributed by atoms with Crippen molar-refractivity contribution >= 4 is 11.2 Å². The topological polar surface area (TPSA) is 93.9 Å². The van der Waals surface area contributed by atoms with Crippen LogP contribution in [0.4, 0.5) is 0 Å². The first kappa shape index (κ1) is 11.9. The molecular weight excluding hydrogens is 238 g/mol. The third kappa shape index (κ3) is 2.10. The van der Waals surface area contributed by atoms with Gasteiger partial charge in [-0.05, 0) is 18.1 Å². The lowest BCUT2D eigenvalue weighted by Crippen LogP contribution is -2.38. The van der Waals surface area contributed by atoms with Crippen LogP contribution in [-0.2, 0) is 25.5 Å². The van der Waals surface area contributed by atoms with E-state index in [0.717, 1.165) is 0 Å². The number of hydrogen-bond acceptors (Lipinski definition) is 6. The highest BCUT2D eigenvalue weighted by Crippen LogP contribution is 2.32. The van der Waals surface area contributed by atoms with Gasteiger partial charge in [0.1, 0.15) is 18.0 Å². The Kier molecular flexibility index (Phi) is 3.53. The van der Waals surface area contributed by atoms with Crippen molar-refractivity contribution in [3.8, 4) is 0 Å². The molecule has 0 N–H and O–H groups in total. The molecular formula is C8H13NO6S. The molecule has 0 aliphatic carbocycles. The molecule has 0 amide bonds. The number of fused-ring (bicyclic) bond motifs is 1. The lowest BCUT2D eigenvalue weighted by atomic mass is 10.1. The average molecular weight is 251 g/mol. The normalized spacial score (nSPS) is 39.4. The molecule has 0 bridgehead atoms. The van der Waals surface area contributed by atoms with Crippen molar-refractivity contribution in [1.82, 2.24) is 0 Å². The molecule has 0 saturated carbocycles. The second kappa shape index (κ2) is 4.74. The van der Waals surface area contributed by atoms with E-state index in [1.165, 1.54) is 0 Å². The van der Waals surface area contributed by atoms with Gasteiger partial charge in [-0.1, -0.05) is 0 Å². The summed E-state index contributed by atoms with van der Waals surface area (Å²) in [5, 5.41) is 9.19. The van der Waals surface area contributed by atoms with Crippen molar-refractivity contribution in [2.45, 2.75) is 30.5 Å². The molecule has 0 aromatic rings. The van der Waals surface area contributed by atoms with E-state index >= 15 is 0 Å². The van der Waals surface area contributed by atoms with Crippen molar-refractivity contribution in [3.63, 3.8) is 0 Å². The Morgan fingerprint density at radius 3 is 2.75 bits per heavy atom. The molecule has 2 heterocycles. The lowest BCUT2D eigenvalue weighted by molar-refractivity contribution is -0.769. The van der Waals surface area contributed by atoms with Crippen LogP contribution in [0.1, 0.15) is 6.92 Å². The first-order chi connectivity index (χ1) is 7.63. The minimum Gasteiger partial charge on any atom is -0.616 e. The minimum absolute atomic E-state index is 0.119. The fourth-order valence-electron chi connectivity index (χ4n) is 2.07. The number of hydrogen-bond donors (Lipinski definition) is 0. The third-order valence-corrected chi connectivity index (χ3v) is 4.45. The van der Waals surface area contributed by atoms with Gasteiger partial charge in [-0.15, -0.1) is 10.1 Å². The molecule has 8 heteroatoms. The lowest BCUT2D eigenvalue weighted by Gasteiger charge is -2.19. The molecule has 2 fully saturated rings. The van der Waals surface area contributed by atoms with Crippen molar-refractivity contribution in [2.75, 3.05) is 19.0 Å². The van der Waals surface area contributed by atoms with Crippen LogP contribution in [0.15, 0.2) is 0 Å². The minimum atomic E-state index is -1.02. The summed E-state index contributed by atoms with van der Waals surface area (Å²) in [5.74, 6) is 0.529. The van der Waals surface area contributed by atoms with Gasteiger partial charge in [0.15, 0.2) is 11.4 Å². The standard InChI is InChI=1S/C8H13NO6S/c1-2-16(12)6-4-14-7-5(15-9(10)11)3-13-8(6)7/h5-8H,2-4H2,1H3/t5-,6+,7-,8-,16?/m1/s1. The van der Waals surface area contributed by atoms with E-state index in [-0.39, 0.29) is 18.0 Å². The van der Waals surface area contributed by atoms with Crippen LogP contribution in [-0.4, -0.2) is 52.2 Å². The number of rotatable bonds is 4. The molecule has 5 atom stereocenters. The predicted octanol–water partition coefficient (Wildman–Crippen LogP) is -0.502. The van der Waals surface area contributed by atoms with Crippen LogP contribution in [0.5, 0.6) is 0 Å². The highest BCUT2D eigenvalue weighted by molar-refractivity contribution is 7.92. The van der Waals surface area contributed by atoms with Gasteiger partial charge < -0.3 is 18.9 Å². The van der Waals surface area contributed by atoms with Gasteiger partial charge in [-0.2, -0.15) is 0 Å². The SMILES string of the molecule is CC[S+]([O-])[C@H]1CO[C@H]2[C@@H]1OC[C@H]2O[N+](=O)[O-]. The summed E-state index contributed by atoms with van der Waals surface area (Å²) in [6, 6.07) is 0. The van der Waals surface area contributed by atoms with E-state index in [0.29, 0.717) is 12.4 Å². The molecule has 0 aromatic heterocycles. The van der Waals surface area contributed by atoms with Crippen LogP contribution in [0.3, 0.4) is 0 Å². The summed E-state index contributed by atoms with van der Waals surface area (Å²) in [6.07, 6.45) is -1.50. The number of nitrogens with zero attached hydrogens (tertiary/aromatic N) is 1. The maximum absolute atomic E-state index is 11.7. The summed E-state index contributed by atoms with van der Waals surface area (Å²) in [5.41, 5.74) is 0. The third-order valence-electron chi connectivity index (χ3n) is 2.81. The van der Waals surface area contributed by atoms with Gasteiger partial charge in [-0.25, -0.2) is 0 Å². The zero-order chi connectivity index (χ0) is 11.7. The van der Waals surface area contributed by atoms with E-state index < -0.39 is 28.5 Å². The predicted molar refractivity (Wildman–Crippen MR) is 53.8 cm³/mol. The monoisotopic (exact) mass is 251 g/mol. The fraction of sp³-hybridized carbons (Fsp3) is 1.00. The van der Waals surface area contributed by atoms with E-state index in [1.54, 1.807) is 0 Å². The zero-order valence-corrected chi connectivity index (χ0v) is 9.55. The van der Waals surface area contributed by atoms with Gasteiger partial charge in [0.05, 0.1) is 13.2 Å². The molecule has 92 valence electrons. The second-order valence-electron chi connectivity index (χ2n) is 3.67. The van der Waals surface area contributed by atoms with Gasteiger partial charge in [0, 0.05) is 0 Å². The Bertz CT molecular complexity index is 277. The van der Waals surface area contributed by atoms with Crippen molar-refractivity contribution in [1.29, 1.82) is 0 Å². The Hall–Kier alpha value is -0.570. The quantitative estimate of drug-likeness (QED) is 0.380. The van der Waals surface area contributed by atoms with Crippen LogP contribution in [0.25, 0.3) is 0 Å². The molecule has 0 radical (unpaired) electrons. The highest BCUT2D eigenvalue weighted by atomic mass is 32.2. The maximum Gasteiger partial charge on any atom is 0.294 e. The van der Waals surface area contributed by atoms with Gasteiger partial charge in [0.25, 0.3) is 5.09 Å². The molecule has 2 saturated heterocycles. The average Bonchev–Trinajstić information content (AvgIpc) is 2.79. The smallest absolute Gasteiger partial charge is 0.294 e. The van der Waals surface area contributed by atoms with Crippen LogP contribution in [0, 0.1) is 10.1 Å². The molecule has 1 unspecified atom stereocenters. The summed E-state index contributed by atoms with van der Waals surface area (Å²) in [4.78, 5) is 14.7. The Labute approximate surface area is 95.3 Å². The van der Waals surface area contributed by atoms with Crippen LogP contribution < -0.4 is 0 Å². The molecule has 16 heavy (non-hydrogen) atoms. The molecule has 0 spiro atoms. The summed E-state index contributed by atoms with van der Waals surface area (Å²) in [7, 11) is 0. The summed E-state index contributed by atoms with van der Waals surface area (Å²) in [6.45, 7) is 2.25. The highest BCUT2D eigenvalue weighted by Gasteiger charge is 2.53. The Morgan fingerprint density at radius 1 is 1.44 bits per heavy atom. The molecule has 0 aromatic carbocycles. The number of ether oxygens (including phenoxy) is 2. The maximum atomic E-state index is 11.7. The van der Waals surface area contributed by atoms with Crippen molar-refractivity contribution in [3.05, 3.63) is 10.1 Å². The van der Waals surface area contributed by atoms with Crippen molar-refractivity contribution < 1.29 is 24.0 Å². The molecule has 2 aliphatic heterocycles. The zero-order valence-electron chi connectivity index (χ0n) is 8.74. The van der Waals surface area contributed by atoms with Crippen molar-refractivity contribution in [2.24, 2.45) is 0 Å². The first-order valence-electron chi connectivity index (χ1n) is 5.05. The van der Waals surface area contributed by atoms with Gasteiger partial charge in [0.2, 0.25) is 0 Å². The van der Waals surface area contributed by atoms with E-state index in [9.17, 15) is 14.7 Å². The Morgan fingerprint density at radius 2 is 2.12 bits per heavy atom. The van der Waals surface area contributed by atoms with E-state index in [2.05, 4.69) is 4.84 Å². The van der Waals surface area contributed by atoms with E-state index in [1.807, 2.05) is 6.92 Å². The van der Waals surface area contributed by atoms with Crippen LogP contribution in [0.2, 0.25) is 0 Å². The van der Waals surface area contributed by atoms with Gasteiger partial charge >= 0.3 is 0 Å². The summed E-state index contributed by atoms with van der Waals surface area (Å²) < 4.78 is 22.4. The Balaban J connectivity index is 1.98. The summed E-state index contributed by atoms with van der Waals surface area (Å²) >= 11 is -1.02. The largest absolute Gasteiger partial charge is 0.616 e.